The lowest BCUT2D eigenvalue weighted by atomic mass is 9.75. The molecule has 2 saturated carbocycles. The van der Waals surface area contributed by atoms with Gasteiger partial charge in [0.15, 0.2) is 11.5 Å². The summed E-state index contributed by atoms with van der Waals surface area (Å²) in [6.45, 7) is 2.16. The number of hydrogen-bond acceptors (Lipinski definition) is 7. The minimum absolute atomic E-state index is 0.112. The molecule has 2 aliphatic carbocycles. The average molecular weight is 490 g/mol. The van der Waals surface area contributed by atoms with E-state index in [9.17, 15) is 9.59 Å². The standard InChI is InChI=1S/C27H27N3O4S/c1-26(11-12-26)16-22(31)27(9-3-2-4-10-27)29-24(32)20-14-17-7-8-18(15-19(17)33-20)23-28-25(34-30-23)21-6-5-13-35-21/h5-8,13-15H,2-4,9-12,16H2,1H3,(H,29,32). The number of ketones is 1. The van der Waals surface area contributed by atoms with Crippen LogP contribution in [0.25, 0.3) is 33.1 Å². The third-order valence-corrected chi connectivity index (χ3v) is 8.30. The number of carbonyl (C=O) groups is 2. The van der Waals surface area contributed by atoms with Gasteiger partial charge < -0.3 is 14.3 Å². The van der Waals surface area contributed by atoms with Gasteiger partial charge in [-0.1, -0.05) is 49.5 Å². The Morgan fingerprint density at radius 2 is 1.91 bits per heavy atom. The van der Waals surface area contributed by atoms with Crippen molar-refractivity contribution < 1.29 is 18.5 Å². The van der Waals surface area contributed by atoms with Gasteiger partial charge in [0.05, 0.1) is 10.4 Å². The highest BCUT2D eigenvalue weighted by molar-refractivity contribution is 7.13. The van der Waals surface area contributed by atoms with Gasteiger partial charge in [0.1, 0.15) is 5.58 Å². The van der Waals surface area contributed by atoms with Gasteiger partial charge in [-0.15, -0.1) is 11.3 Å². The van der Waals surface area contributed by atoms with E-state index < -0.39 is 5.54 Å². The van der Waals surface area contributed by atoms with Crippen molar-refractivity contribution >= 4 is 34.0 Å². The maximum absolute atomic E-state index is 13.3. The Balaban J connectivity index is 1.24. The topological polar surface area (TPSA) is 98.2 Å². The number of nitrogens with one attached hydrogen (secondary N) is 1. The van der Waals surface area contributed by atoms with Gasteiger partial charge in [0.25, 0.3) is 11.8 Å². The lowest BCUT2D eigenvalue weighted by molar-refractivity contribution is -0.127. The summed E-state index contributed by atoms with van der Waals surface area (Å²) in [7, 11) is 0. The number of fused-ring (bicyclic) bond motifs is 1. The second-order valence-electron chi connectivity index (χ2n) is 10.3. The zero-order valence-electron chi connectivity index (χ0n) is 19.6. The van der Waals surface area contributed by atoms with Crippen molar-refractivity contribution in [3.63, 3.8) is 0 Å². The number of furan rings is 1. The summed E-state index contributed by atoms with van der Waals surface area (Å²) in [5.74, 6) is 0.969. The maximum atomic E-state index is 13.3. The molecule has 4 aromatic rings. The quantitative estimate of drug-likeness (QED) is 0.322. The molecule has 7 nitrogen and oxygen atoms in total. The molecule has 35 heavy (non-hydrogen) atoms. The van der Waals surface area contributed by atoms with Crippen LogP contribution in [-0.2, 0) is 4.79 Å². The number of thiophene rings is 1. The highest BCUT2D eigenvalue weighted by Crippen LogP contribution is 2.49. The molecular formula is C27H27N3O4S. The van der Waals surface area contributed by atoms with Crippen LogP contribution in [0.15, 0.2) is 50.7 Å². The molecule has 0 saturated heterocycles. The van der Waals surface area contributed by atoms with Crippen molar-refractivity contribution in [1.29, 1.82) is 0 Å². The van der Waals surface area contributed by atoms with Gasteiger partial charge in [0, 0.05) is 17.4 Å². The monoisotopic (exact) mass is 489 g/mol. The van der Waals surface area contributed by atoms with E-state index in [0.29, 0.717) is 36.6 Å². The van der Waals surface area contributed by atoms with Crippen molar-refractivity contribution in [2.24, 2.45) is 5.41 Å². The van der Waals surface area contributed by atoms with E-state index in [-0.39, 0.29) is 22.9 Å². The molecule has 2 fully saturated rings. The number of amides is 1. The Labute approximate surface area is 206 Å². The van der Waals surface area contributed by atoms with E-state index in [1.54, 1.807) is 6.07 Å². The Bertz CT molecular complexity index is 1390. The number of hydrogen-bond donors (Lipinski definition) is 1. The molecule has 1 amide bonds. The number of nitrogens with zero attached hydrogens (tertiary/aromatic N) is 2. The lowest BCUT2D eigenvalue weighted by Crippen LogP contribution is -2.56. The first-order valence-electron chi connectivity index (χ1n) is 12.2. The molecule has 0 radical (unpaired) electrons. The first-order chi connectivity index (χ1) is 16.9. The van der Waals surface area contributed by atoms with Gasteiger partial charge in [0.2, 0.25) is 5.82 Å². The van der Waals surface area contributed by atoms with Gasteiger partial charge in [-0.05, 0) is 54.7 Å². The summed E-state index contributed by atoms with van der Waals surface area (Å²) in [4.78, 5) is 32.0. The summed E-state index contributed by atoms with van der Waals surface area (Å²) >= 11 is 1.53. The average Bonchev–Trinajstić information content (AvgIpc) is 3.35. The largest absolute Gasteiger partial charge is 0.451 e. The highest BCUT2D eigenvalue weighted by atomic mass is 32.1. The second kappa shape index (κ2) is 8.45. The molecule has 2 aliphatic rings. The molecule has 1 N–H and O–H groups in total. The Morgan fingerprint density at radius 3 is 2.66 bits per heavy atom. The van der Waals surface area contributed by atoms with E-state index in [1.807, 2.05) is 35.7 Å². The van der Waals surface area contributed by atoms with Crippen LogP contribution in [0.1, 0.15) is 68.8 Å². The second-order valence-corrected chi connectivity index (χ2v) is 11.2. The molecule has 3 aromatic heterocycles. The van der Waals surface area contributed by atoms with Crippen LogP contribution in [-0.4, -0.2) is 27.4 Å². The predicted octanol–water partition coefficient (Wildman–Crippen LogP) is 6.40. The van der Waals surface area contributed by atoms with E-state index in [4.69, 9.17) is 8.94 Å². The van der Waals surface area contributed by atoms with E-state index in [0.717, 1.165) is 47.9 Å². The molecule has 0 spiro atoms. The van der Waals surface area contributed by atoms with E-state index >= 15 is 0 Å². The zero-order valence-corrected chi connectivity index (χ0v) is 20.5. The van der Waals surface area contributed by atoms with Crippen LogP contribution >= 0.6 is 11.3 Å². The number of Topliss-reactive ketones (excluding diaryl/α,β-unsaturated/α-hetero) is 1. The first-order valence-corrected chi connectivity index (χ1v) is 13.1. The summed E-state index contributed by atoms with van der Waals surface area (Å²) < 4.78 is 11.3. The minimum Gasteiger partial charge on any atom is -0.451 e. The highest BCUT2D eigenvalue weighted by Gasteiger charge is 2.47. The van der Waals surface area contributed by atoms with Crippen LogP contribution in [0.2, 0.25) is 0 Å². The summed E-state index contributed by atoms with van der Waals surface area (Å²) in [6.07, 6.45) is 7.10. The number of aromatic nitrogens is 2. The Hall–Kier alpha value is -3.26. The van der Waals surface area contributed by atoms with Gasteiger partial charge in [-0.25, -0.2) is 0 Å². The fraction of sp³-hybridized carbons (Fsp3) is 0.407. The molecule has 180 valence electrons. The molecule has 6 rings (SSSR count). The minimum atomic E-state index is -0.784. The molecular weight excluding hydrogens is 462 g/mol. The van der Waals surface area contributed by atoms with Crippen molar-refractivity contribution in [3.8, 4) is 22.2 Å². The van der Waals surface area contributed by atoms with Crippen LogP contribution < -0.4 is 5.32 Å². The molecule has 0 atom stereocenters. The Morgan fingerprint density at radius 1 is 1.09 bits per heavy atom. The normalized spacial score (nSPS) is 18.4. The maximum Gasteiger partial charge on any atom is 0.287 e. The Kier molecular flexibility index (Phi) is 5.36. The summed E-state index contributed by atoms with van der Waals surface area (Å²) in [5, 5.41) is 9.96. The molecule has 0 bridgehead atoms. The van der Waals surface area contributed by atoms with Gasteiger partial charge in [-0.3, -0.25) is 9.59 Å². The van der Waals surface area contributed by atoms with Crippen molar-refractivity contribution in [3.05, 3.63) is 47.5 Å². The van der Waals surface area contributed by atoms with Crippen LogP contribution in [0, 0.1) is 5.41 Å². The van der Waals surface area contributed by atoms with E-state index in [2.05, 4.69) is 22.4 Å². The molecule has 0 aliphatic heterocycles. The van der Waals surface area contributed by atoms with Crippen molar-refractivity contribution in [1.82, 2.24) is 15.5 Å². The number of benzene rings is 1. The smallest absolute Gasteiger partial charge is 0.287 e. The van der Waals surface area contributed by atoms with Crippen molar-refractivity contribution in [2.75, 3.05) is 0 Å². The molecule has 3 heterocycles. The molecule has 0 unspecified atom stereocenters. The number of rotatable bonds is 7. The third kappa shape index (κ3) is 4.31. The predicted molar refractivity (Wildman–Crippen MR) is 133 cm³/mol. The van der Waals surface area contributed by atoms with Crippen LogP contribution in [0.5, 0.6) is 0 Å². The fourth-order valence-electron chi connectivity index (χ4n) is 4.98. The van der Waals surface area contributed by atoms with Crippen LogP contribution in [0.4, 0.5) is 0 Å². The van der Waals surface area contributed by atoms with Crippen molar-refractivity contribution in [2.45, 2.75) is 63.8 Å². The van der Waals surface area contributed by atoms with Crippen LogP contribution in [0.3, 0.4) is 0 Å². The summed E-state index contributed by atoms with van der Waals surface area (Å²) in [5.41, 5.74) is 0.626. The fourth-order valence-corrected chi connectivity index (χ4v) is 5.62. The lowest BCUT2D eigenvalue weighted by Gasteiger charge is -2.37. The first kappa shape index (κ1) is 22.2. The summed E-state index contributed by atoms with van der Waals surface area (Å²) in [6, 6.07) is 11.2. The van der Waals surface area contributed by atoms with Gasteiger partial charge in [-0.2, -0.15) is 4.98 Å². The molecule has 1 aromatic carbocycles. The molecule has 8 heteroatoms. The van der Waals surface area contributed by atoms with E-state index in [1.165, 1.54) is 11.3 Å². The zero-order chi connectivity index (χ0) is 24.0. The van der Waals surface area contributed by atoms with Gasteiger partial charge >= 0.3 is 0 Å². The third-order valence-electron chi connectivity index (χ3n) is 7.44. The number of carbonyl (C=O) groups excluding carboxylic acids is 2. The SMILES string of the molecule is CC1(CC(=O)C2(NC(=O)c3cc4ccc(-c5noc(-c6cccs6)n5)cc4o3)CCCCC2)CC1.